The van der Waals surface area contributed by atoms with Crippen molar-refractivity contribution in [2.75, 3.05) is 12.3 Å². The number of nitrogens with zero attached hydrogens (tertiary/aromatic N) is 3. The molecule has 0 bridgehead atoms. The van der Waals surface area contributed by atoms with Crippen molar-refractivity contribution in [3.8, 4) is 0 Å². The van der Waals surface area contributed by atoms with Crippen molar-refractivity contribution in [2.45, 2.75) is 39.8 Å². The van der Waals surface area contributed by atoms with Crippen molar-refractivity contribution < 1.29 is 14.7 Å². The number of rotatable bonds is 8. The van der Waals surface area contributed by atoms with Crippen molar-refractivity contribution in [3.63, 3.8) is 0 Å². The molecule has 0 aliphatic heterocycles. The number of fused-ring (bicyclic) bond motifs is 2. The Hall–Kier alpha value is -3.21. The van der Waals surface area contributed by atoms with Gasteiger partial charge in [0, 0.05) is 12.7 Å². The highest BCUT2D eigenvalue weighted by Crippen LogP contribution is 2.25. The minimum absolute atomic E-state index is 0.173. The van der Waals surface area contributed by atoms with Gasteiger partial charge in [-0.15, -0.1) is 0 Å². The summed E-state index contributed by atoms with van der Waals surface area (Å²) in [7, 11) is 0. The minimum atomic E-state index is -0.388. The van der Waals surface area contributed by atoms with Crippen LogP contribution in [0, 0.1) is 12.8 Å². The Balaban J connectivity index is 1.59. The quantitative estimate of drug-likeness (QED) is 0.284. The first-order valence-electron chi connectivity index (χ1n) is 11.2. The molecular formula is C24H27ClN6O3S. The number of carbonyl (C=O) groups excluding carboxylic acids is 2. The summed E-state index contributed by atoms with van der Waals surface area (Å²) in [5, 5.41) is 16.2. The molecule has 4 aromatic rings. The van der Waals surface area contributed by atoms with Crippen LogP contribution in [0.1, 0.15) is 52.4 Å². The van der Waals surface area contributed by atoms with Gasteiger partial charge in [-0.3, -0.25) is 14.0 Å². The Bertz CT molecular complexity index is 1410. The summed E-state index contributed by atoms with van der Waals surface area (Å²) in [4.78, 5) is 34.9. The zero-order valence-corrected chi connectivity index (χ0v) is 21.2. The Morgan fingerprint density at radius 2 is 2.00 bits per heavy atom. The number of aromatic nitrogens is 3. The number of anilines is 1. The molecule has 1 aromatic carbocycles. The summed E-state index contributed by atoms with van der Waals surface area (Å²) < 4.78 is 2.47. The summed E-state index contributed by atoms with van der Waals surface area (Å²) in [6, 6.07) is 6.83. The van der Waals surface area contributed by atoms with Gasteiger partial charge in [-0.25, -0.2) is 9.97 Å². The van der Waals surface area contributed by atoms with Gasteiger partial charge in [-0.2, -0.15) is 0 Å². The SMILES string of the molecule is Cc1nc2c(C(=O)NCc3ccc4nc(N)sc4c3)cc(Cl)cn2c1C(=O)N[C@@H](CO)CC(C)C. The van der Waals surface area contributed by atoms with E-state index in [1.54, 1.807) is 13.1 Å². The molecule has 1 atom stereocenters. The van der Waals surface area contributed by atoms with E-state index >= 15 is 0 Å². The third-order valence-corrected chi connectivity index (χ3v) is 6.61. The number of halogens is 1. The Labute approximate surface area is 211 Å². The zero-order chi connectivity index (χ0) is 25.3. The van der Waals surface area contributed by atoms with E-state index in [0.717, 1.165) is 15.8 Å². The van der Waals surface area contributed by atoms with Gasteiger partial charge in [-0.05, 0) is 43.0 Å². The lowest BCUT2D eigenvalue weighted by Gasteiger charge is -2.18. The molecule has 0 unspecified atom stereocenters. The van der Waals surface area contributed by atoms with E-state index in [9.17, 15) is 14.7 Å². The first-order valence-corrected chi connectivity index (χ1v) is 12.4. The fourth-order valence-electron chi connectivity index (χ4n) is 4.04. The molecule has 35 heavy (non-hydrogen) atoms. The number of imidazole rings is 1. The average molecular weight is 515 g/mol. The summed E-state index contributed by atoms with van der Waals surface area (Å²) in [5.74, 6) is -0.457. The Morgan fingerprint density at radius 3 is 2.71 bits per heavy atom. The lowest BCUT2D eigenvalue weighted by molar-refractivity contribution is 0.0899. The van der Waals surface area contributed by atoms with Gasteiger partial charge in [0.15, 0.2) is 10.8 Å². The zero-order valence-electron chi connectivity index (χ0n) is 19.6. The number of pyridine rings is 1. The maximum Gasteiger partial charge on any atom is 0.270 e. The highest BCUT2D eigenvalue weighted by molar-refractivity contribution is 7.22. The van der Waals surface area contributed by atoms with Crippen LogP contribution in [0.3, 0.4) is 0 Å². The molecule has 0 radical (unpaired) electrons. The van der Waals surface area contributed by atoms with Crippen LogP contribution in [0.2, 0.25) is 5.02 Å². The fourth-order valence-corrected chi connectivity index (χ4v) is 5.05. The smallest absolute Gasteiger partial charge is 0.270 e. The number of aliphatic hydroxyl groups excluding tert-OH is 1. The van der Waals surface area contributed by atoms with Crippen LogP contribution in [0.4, 0.5) is 5.13 Å². The molecule has 0 saturated carbocycles. The van der Waals surface area contributed by atoms with Gasteiger partial charge < -0.3 is 21.5 Å². The van der Waals surface area contributed by atoms with Gasteiger partial charge in [-0.1, -0.05) is 42.9 Å². The van der Waals surface area contributed by atoms with Gasteiger partial charge in [0.25, 0.3) is 11.8 Å². The maximum absolute atomic E-state index is 13.1. The molecule has 0 aliphatic carbocycles. The van der Waals surface area contributed by atoms with E-state index in [1.807, 2.05) is 32.0 Å². The van der Waals surface area contributed by atoms with E-state index in [4.69, 9.17) is 17.3 Å². The number of amides is 2. The van der Waals surface area contributed by atoms with E-state index in [0.29, 0.717) is 28.8 Å². The normalized spacial score (nSPS) is 12.4. The van der Waals surface area contributed by atoms with Crippen LogP contribution in [-0.2, 0) is 6.54 Å². The van der Waals surface area contributed by atoms with Crippen LogP contribution in [0.25, 0.3) is 15.9 Å². The molecule has 3 aromatic heterocycles. The topological polar surface area (TPSA) is 135 Å². The van der Waals surface area contributed by atoms with Crippen LogP contribution in [-0.4, -0.2) is 43.9 Å². The van der Waals surface area contributed by atoms with E-state index in [1.165, 1.54) is 21.8 Å². The van der Waals surface area contributed by atoms with E-state index in [-0.39, 0.29) is 47.3 Å². The van der Waals surface area contributed by atoms with Gasteiger partial charge >= 0.3 is 0 Å². The number of hydrogen-bond acceptors (Lipinski definition) is 7. The molecule has 9 nitrogen and oxygen atoms in total. The summed E-state index contributed by atoms with van der Waals surface area (Å²) in [6.07, 6.45) is 2.19. The van der Waals surface area contributed by atoms with E-state index < -0.39 is 0 Å². The lowest BCUT2D eigenvalue weighted by atomic mass is 10.0. The molecule has 0 saturated heterocycles. The Kier molecular flexibility index (Phi) is 7.25. The maximum atomic E-state index is 13.1. The largest absolute Gasteiger partial charge is 0.394 e. The molecule has 5 N–H and O–H groups in total. The number of nitrogens with two attached hydrogens (primary N) is 1. The third-order valence-electron chi connectivity index (χ3n) is 5.55. The highest BCUT2D eigenvalue weighted by Gasteiger charge is 2.23. The van der Waals surface area contributed by atoms with Crippen LogP contribution >= 0.6 is 22.9 Å². The molecule has 184 valence electrons. The third kappa shape index (κ3) is 5.39. The fraction of sp³-hybridized carbons (Fsp3) is 0.333. The molecule has 0 aliphatic rings. The number of hydrogen-bond donors (Lipinski definition) is 4. The Morgan fingerprint density at radius 1 is 1.23 bits per heavy atom. The predicted molar refractivity (Wildman–Crippen MR) is 138 cm³/mol. The standard InChI is InChI=1S/C24H27ClN6O3S/c1-12(2)6-16(11-32)29-23(34)20-13(3)28-21-17(8-15(25)10-31(20)21)22(33)27-9-14-4-5-18-19(7-14)35-24(26)30-18/h4-5,7-8,10,12,16,32H,6,9,11H2,1-3H3,(H2,26,30)(H,27,33)(H,29,34)/t16-/m1/s1. The monoisotopic (exact) mass is 514 g/mol. The van der Waals surface area contributed by atoms with Gasteiger partial charge in [0.1, 0.15) is 5.69 Å². The highest BCUT2D eigenvalue weighted by atomic mass is 35.5. The first-order chi connectivity index (χ1) is 16.7. The lowest BCUT2D eigenvalue weighted by Crippen LogP contribution is -2.39. The van der Waals surface area contributed by atoms with Crippen molar-refractivity contribution in [1.82, 2.24) is 25.0 Å². The van der Waals surface area contributed by atoms with Crippen molar-refractivity contribution in [1.29, 1.82) is 0 Å². The number of nitrogens with one attached hydrogen (secondary N) is 2. The van der Waals surface area contributed by atoms with Crippen LogP contribution in [0.5, 0.6) is 0 Å². The first kappa shape index (κ1) is 24.9. The molecule has 0 fully saturated rings. The predicted octanol–water partition coefficient (Wildman–Crippen LogP) is 3.55. The van der Waals surface area contributed by atoms with Crippen molar-refractivity contribution in [2.24, 2.45) is 5.92 Å². The number of aryl methyl sites for hydroxylation is 1. The average Bonchev–Trinajstić information content (AvgIpc) is 3.33. The second-order valence-corrected chi connectivity index (χ2v) is 10.3. The minimum Gasteiger partial charge on any atom is -0.394 e. The molecular weight excluding hydrogens is 488 g/mol. The summed E-state index contributed by atoms with van der Waals surface area (Å²) >= 11 is 7.71. The molecule has 2 amide bonds. The molecule has 0 spiro atoms. The van der Waals surface area contributed by atoms with E-state index in [2.05, 4.69) is 20.6 Å². The number of benzene rings is 1. The second-order valence-electron chi connectivity index (χ2n) is 8.83. The van der Waals surface area contributed by atoms with Crippen LogP contribution < -0.4 is 16.4 Å². The number of aliphatic hydroxyl groups is 1. The summed E-state index contributed by atoms with van der Waals surface area (Å²) in [6.45, 7) is 5.84. The van der Waals surface area contributed by atoms with Crippen LogP contribution in [0.15, 0.2) is 30.5 Å². The molecule has 4 rings (SSSR count). The summed E-state index contributed by atoms with van der Waals surface area (Å²) in [5.41, 5.74) is 8.78. The van der Waals surface area contributed by atoms with Crippen molar-refractivity contribution >= 4 is 55.7 Å². The second kappa shape index (κ2) is 10.2. The number of thiazole rings is 1. The number of nitrogen functional groups attached to an aromatic ring is 1. The van der Waals surface area contributed by atoms with Gasteiger partial charge in [0.05, 0.1) is 39.1 Å². The molecule has 3 heterocycles. The van der Waals surface area contributed by atoms with Crippen molar-refractivity contribution in [3.05, 3.63) is 58.0 Å². The molecule has 11 heteroatoms. The van der Waals surface area contributed by atoms with Gasteiger partial charge in [0.2, 0.25) is 0 Å². The number of carbonyl (C=O) groups is 2.